The summed E-state index contributed by atoms with van der Waals surface area (Å²) in [6.45, 7) is 0. The van der Waals surface area contributed by atoms with Crippen LogP contribution in [-0.2, 0) is 20.5 Å². The molecule has 68 valence electrons. The van der Waals surface area contributed by atoms with E-state index in [-0.39, 0.29) is 0 Å². The third-order valence-corrected chi connectivity index (χ3v) is 1.92. The molecule has 0 bridgehead atoms. The summed E-state index contributed by atoms with van der Waals surface area (Å²) in [7, 11) is 3.85. The minimum absolute atomic E-state index is 0.904. The van der Waals surface area contributed by atoms with Crippen LogP contribution in [0.2, 0.25) is 0 Å². The van der Waals surface area contributed by atoms with Crippen LogP contribution in [0.4, 0.5) is 0 Å². The molecule has 0 atom stereocenters. The maximum atomic E-state index is 4.11. The van der Waals surface area contributed by atoms with E-state index in [4.69, 9.17) is 0 Å². The molecule has 0 aliphatic carbocycles. The van der Waals surface area contributed by atoms with Gasteiger partial charge in [0.15, 0.2) is 0 Å². The molecule has 0 amide bonds. The molecule has 2 aromatic heterocycles. The SMILES string of the molecule is Cn1cc(Cc2cnn(C)c2)cn1. The second-order valence-electron chi connectivity index (χ2n) is 3.22. The molecular weight excluding hydrogens is 164 g/mol. The summed E-state index contributed by atoms with van der Waals surface area (Å²) in [5.41, 5.74) is 2.44. The molecular formula is C9H12N4. The zero-order chi connectivity index (χ0) is 9.26. The van der Waals surface area contributed by atoms with Gasteiger partial charge in [0.1, 0.15) is 0 Å². The van der Waals surface area contributed by atoms with Crippen molar-refractivity contribution in [3.05, 3.63) is 35.9 Å². The van der Waals surface area contributed by atoms with E-state index in [1.54, 1.807) is 0 Å². The van der Waals surface area contributed by atoms with Gasteiger partial charge in [-0.05, 0) is 11.1 Å². The monoisotopic (exact) mass is 176 g/mol. The number of nitrogens with zero attached hydrogens (tertiary/aromatic N) is 4. The van der Waals surface area contributed by atoms with E-state index in [2.05, 4.69) is 10.2 Å². The van der Waals surface area contributed by atoms with Crippen LogP contribution >= 0.6 is 0 Å². The van der Waals surface area contributed by atoms with Crippen molar-refractivity contribution in [2.75, 3.05) is 0 Å². The zero-order valence-electron chi connectivity index (χ0n) is 7.81. The smallest absolute Gasteiger partial charge is 0.0525 e. The summed E-state index contributed by atoms with van der Waals surface area (Å²) in [6.07, 6.45) is 8.71. The van der Waals surface area contributed by atoms with Gasteiger partial charge in [-0.1, -0.05) is 0 Å². The van der Waals surface area contributed by atoms with Crippen molar-refractivity contribution in [2.45, 2.75) is 6.42 Å². The highest BCUT2D eigenvalue weighted by Crippen LogP contribution is 2.06. The lowest BCUT2D eigenvalue weighted by atomic mass is 10.2. The van der Waals surface area contributed by atoms with Gasteiger partial charge in [-0.3, -0.25) is 9.36 Å². The first-order chi connectivity index (χ1) is 6.24. The second-order valence-corrected chi connectivity index (χ2v) is 3.22. The summed E-state index contributed by atoms with van der Waals surface area (Å²) in [5.74, 6) is 0. The maximum Gasteiger partial charge on any atom is 0.0525 e. The van der Waals surface area contributed by atoms with Crippen LogP contribution in [0.3, 0.4) is 0 Å². The fourth-order valence-corrected chi connectivity index (χ4v) is 1.36. The highest BCUT2D eigenvalue weighted by molar-refractivity contribution is 5.17. The van der Waals surface area contributed by atoms with E-state index in [1.807, 2.05) is 48.2 Å². The standard InChI is InChI=1S/C9H12N4/c1-12-6-8(4-10-12)3-9-5-11-13(2)7-9/h4-7H,3H2,1-2H3. The molecule has 0 spiro atoms. The van der Waals surface area contributed by atoms with Gasteiger partial charge in [-0.25, -0.2) is 0 Å². The Morgan fingerprint density at radius 3 is 1.77 bits per heavy atom. The first-order valence-corrected chi connectivity index (χ1v) is 4.19. The van der Waals surface area contributed by atoms with Crippen molar-refractivity contribution in [3.8, 4) is 0 Å². The van der Waals surface area contributed by atoms with Crippen LogP contribution in [-0.4, -0.2) is 19.6 Å². The lowest BCUT2D eigenvalue weighted by Crippen LogP contribution is -1.86. The van der Waals surface area contributed by atoms with Gasteiger partial charge in [-0.2, -0.15) is 10.2 Å². The maximum absolute atomic E-state index is 4.11. The molecule has 2 heterocycles. The molecule has 0 aliphatic rings. The Hall–Kier alpha value is -1.58. The van der Waals surface area contributed by atoms with Gasteiger partial charge in [0.25, 0.3) is 0 Å². The highest BCUT2D eigenvalue weighted by Gasteiger charge is 1.99. The number of hydrogen-bond donors (Lipinski definition) is 0. The highest BCUT2D eigenvalue weighted by atomic mass is 15.2. The van der Waals surface area contributed by atoms with Gasteiger partial charge in [0.05, 0.1) is 12.4 Å². The van der Waals surface area contributed by atoms with Gasteiger partial charge in [0, 0.05) is 32.9 Å². The van der Waals surface area contributed by atoms with Crippen LogP contribution in [0.15, 0.2) is 24.8 Å². The van der Waals surface area contributed by atoms with E-state index in [1.165, 1.54) is 11.1 Å². The summed E-state index contributed by atoms with van der Waals surface area (Å²) < 4.78 is 3.62. The molecule has 0 radical (unpaired) electrons. The predicted octanol–water partition coefficient (Wildman–Crippen LogP) is 0.744. The average molecular weight is 176 g/mol. The van der Waals surface area contributed by atoms with Gasteiger partial charge < -0.3 is 0 Å². The van der Waals surface area contributed by atoms with Crippen molar-refractivity contribution >= 4 is 0 Å². The van der Waals surface area contributed by atoms with E-state index < -0.39 is 0 Å². The largest absolute Gasteiger partial charge is 0.276 e. The number of aryl methyl sites for hydroxylation is 2. The first-order valence-electron chi connectivity index (χ1n) is 4.19. The summed E-state index contributed by atoms with van der Waals surface area (Å²) >= 11 is 0. The second kappa shape index (κ2) is 3.05. The lowest BCUT2D eigenvalue weighted by Gasteiger charge is -1.90. The summed E-state index contributed by atoms with van der Waals surface area (Å²) in [4.78, 5) is 0. The Labute approximate surface area is 76.8 Å². The van der Waals surface area contributed by atoms with Crippen molar-refractivity contribution in [1.82, 2.24) is 19.6 Å². The van der Waals surface area contributed by atoms with Crippen molar-refractivity contribution in [1.29, 1.82) is 0 Å². The molecule has 13 heavy (non-hydrogen) atoms. The van der Waals surface area contributed by atoms with Crippen LogP contribution in [0, 0.1) is 0 Å². The molecule has 0 fully saturated rings. The molecule has 0 N–H and O–H groups in total. The average Bonchev–Trinajstić information content (AvgIpc) is 2.62. The molecule has 0 saturated carbocycles. The van der Waals surface area contributed by atoms with Crippen LogP contribution in [0.25, 0.3) is 0 Å². The predicted molar refractivity (Wildman–Crippen MR) is 49.2 cm³/mol. The quantitative estimate of drug-likeness (QED) is 0.676. The summed E-state index contributed by atoms with van der Waals surface area (Å²) in [5, 5.41) is 8.22. The Bertz CT molecular complexity index is 361. The first kappa shape index (κ1) is 8.04. The number of hydrogen-bond acceptors (Lipinski definition) is 2. The number of rotatable bonds is 2. The molecule has 0 saturated heterocycles. The Balaban J connectivity index is 2.14. The fourth-order valence-electron chi connectivity index (χ4n) is 1.36. The zero-order valence-corrected chi connectivity index (χ0v) is 7.81. The Morgan fingerprint density at radius 1 is 1.00 bits per heavy atom. The minimum Gasteiger partial charge on any atom is -0.276 e. The summed E-state index contributed by atoms with van der Waals surface area (Å²) in [6, 6.07) is 0. The Kier molecular flexibility index (Phi) is 1.88. The minimum atomic E-state index is 0.904. The van der Waals surface area contributed by atoms with E-state index >= 15 is 0 Å². The van der Waals surface area contributed by atoms with Crippen LogP contribution in [0.1, 0.15) is 11.1 Å². The number of aromatic nitrogens is 4. The molecule has 0 aliphatic heterocycles. The van der Waals surface area contributed by atoms with Gasteiger partial charge >= 0.3 is 0 Å². The molecule has 0 unspecified atom stereocenters. The lowest BCUT2D eigenvalue weighted by molar-refractivity contribution is 0.766. The van der Waals surface area contributed by atoms with Gasteiger partial charge in [-0.15, -0.1) is 0 Å². The molecule has 4 nitrogen and oxygen atoms in total. The van der Waals surface area contributed by atoms with Crippen molar-refractivity contribution in [2.24, 2.45) is 14.1 Å². The van der Waals surface area contributed by atoms with Crippen LogP contribution < -0.4 is 0 Å². The van der Waals surface area contributed by atoms with Crippen LogP contribution in [0.5, 0.6) is 0 Å². The third-order valence-electron chi connectivity index (χ3n) is 1.92. The molecule has 2 aromatic rings. The fraction of sp³-hybridized carbons (Fsp3) is 0.333. The molecule has 2 rings (SSSR count). The van der Waals surface area contributed by atoms with E-state index in [0.29, 0.717) is 0 Å². The van der Waals surface area contributed by atoms with E-state index in [0.717, 1.165) is 6.42 Å². The van der Waals surface area contributed by atoms with Crippen molar-refractivity contribution in [3.63, 3.8) is 0 Å². The normalized spacial score (nSPS) is 10.6. The Morgan fingerprint density at radius 2 is 1.46 bits per heavy atom. The third kappa shape index (κ3) is 1.77. The van der Waals surface area contributed by atoms with Gasteiger partial charge in [0.2, 0.25) is 0 Å². The van der Waals surface area contributed by atoms with Crippen molar-refractivity contribution < 1.29 is 0 Å². The molecule has 4 heteroatoms. The molecule has 0 aromatic carbocycles. The van der Waals surface area contributed by atoms with E-state index in [9.17, 15) is 0 Å². The topological polar surface area (TPSA) is 35.6 Å².